The minimum atomic E-state index is -4.36. The van der Waals surface area contributed by atoms with Crippen LogP contribution in [0, 0.1) is 5.41 Å². The number of nitrogens with zero attached hydrogens (tertiary/aromatic N) is 4. The van der Waals surface area contributed by atoms with Crippen molar-refractivity contribution in [2.24, 2.45) is 5.41 Å². The predicted octanol–water partition coefficient (Wildman–Crippen LogP) is -0.822. The van der Waals surface area contributed by atoms with Crippen molar-refractivity contribution in [3.8, 4) is 0 Å². The third kappa shape index (κ3) is 14.3. The SMILES string of the molecule is CC(C)(C)C(=O)CN1CCN(CP(=O)(O)O)CCN(CC(=O)O)CCN(CP(=O)(O)O)CC1. The van der Waals surface area contributed by atoms with Crippen LogP contribution >= 0.6 is 15.2 Å². The Labute approximate surface area is 194 Å². The van der Waals surface area contributed by atoms with E-state index in [4.69, 9.17) is 0 Å². The maximum absolute atomic E-state index is 12.6. The summed E-state index contributed by atoms with van der Waals surface area (Å²) in [4.78, 5) is 68.1. The standard InChI is InChI=1S/C18H38N4O9P2/c1-18(2,3)16(23)12-19-4-8-21(14-32(26,27)28)10-6-20(13-17(24)25)7-11-22(9-5-19)15-33(29,30)31/h4-15H2,1-3H3,(H,24,25)(H2,26,27,28)(H2,29,30,31). The molecule has 15 heteroatoms. The van der Waals surface area contributed by atoms with E-state index in [1.807, 2.05) is 4.90 Å². The quantitative estimate of drug-likeness (QED) is 0.253. The molecule has 0 spiro atoms. The second kappa shape index (κ2) is 12.8. The van der Waals surface area contributed by atoms with Crippen LogP contribution in [0.25, 0.3) is 0 Å². The van der Waals surface area contributed by atoms with Crippen molar-refractivity contribution >= 4 is 26.9 Å². The first kappa shape index (κ1) is 30.3. The third-order valence-electron chi connectivity index (χ3n) is 5.26. The van der Waals surface area contributed by atoms with Crippen LogP contribution in [0.3, 0.4) is 0 Å². The van der Waals surface area contributed by atoms with Crippen molar-refractivity contribution in [3.05, 3.63) is 0 Å². The Morgan fingerprint density at radius 2 is 0.970 bits per heavy atom. The summed E-state index contributed by atoms with van der Waals surface area (Å²) in [5.74, 6) is -1.10. The molecule has 1 fully saturated rings. The third-order valence-corrected chi connectivity index (χ3v) is 6.80. The maximum Gasteiger partial charge on any atom is 0.339 e. The minimum absolute atomic E-state index is 0.0229. The summed E-state index contributed by atoms with van der Waals surface area (Å²) in [6.45, 7) is 7.07. The summed E-state index contributed by atoms with van der Waals surface area (Å²) < 4.78 is 23.2. The fourth-order valence-corrected chi connectivity index (χ4v) is 4.94. The number of aliphatic carboxylic acids is 1. The molecule has 1 heterocycles. The van der Waals surface area contributed by atoms with Crippen LogP contribution in [0.5, 0.6) is 0 Å². The van der Waals surface area contributed by atoms with E-state index < -0.39 is 39.1 Å². The van der Waals surface area contributed by atoms with Gasteiger partial charge in [0.1, 0.15) is 12.6 Å². The summed E-state index contributed by atoms with van der Waals surface area (Å²) >= 11 is 0. The molecule has 1 saturated heterocycles. The molecule has 194 valence electrons. The van der Waals surface area contributed by atoms with Crippen LogP contribution < -0.4 is 0 Å². The lowest BCUT2D eigenvalue weighted by atomic mass is 9.90. The highest BCUT2D eigenvalue weighted by atomic mass is 31.2. The Morgan fingerprint density at radius 1 is 0.667 bits per heavy atom. The molecule has 0 aliphatic carbocycles. The lowest BCUT2D eigenvalue weighted by molar-refractivity contribution is -0.138. The minimum Gasteiger partial charge on any atom is -0.480 e. The van der Waals surface area contributed by atoms with E-state index in [1.54, 1.807) is 35.5 Å². The molecule has 0 radical (unpaired) electrons. The summed E-state index contributed by atoms with van der Waals surface area (Å²) in [5.41, 5.74) is -0.585. The summed E-state index contributed by atoms with van der Waals surface area (Å²) in [6, 6.07) is 0. The first-order chi connectivity index (χ1) is 14.9. The largest absolute Gasteiger partial charge is 0.480 e. The van der Waals surface area contributed by atoms with E-state index in [9.17, 15) is 43.4 Å². The van der Waals surface area contributed by atoms with Crippen molar-refractivity contribution in [2.75, 3.05) is 78.0 Å². The van der Waals surface area contributed by atoms with Crippen LogP contribution in [0.2, 0.25) is 0 Å². The van der Waals surface area contributed by atoms with Crippen molar-refractivity contribution in [1.82, 2.24) is 19.6 Å². The molecule has 0 saturated carbocycles. The van der Waals surface area contributed by atoms with Crippen LogP contribution in [0.15, 0.2) is 0 Å². The Morgan fingerprint density at radius 3 is 1.24 bits per heavy atom. The Kier molecular flexibility index (Phi) is 11.8. The molecule has 0 bridgehead atoms. The molecule has 13 nitrogen and oxygen atoms in total. The van der Waals surface area contributed by atoms with Crippen LogP contribution in [0.1, 0.15) is 20.8 Å². The van der Waals surface area contributed by atoms with Crippen molar-refractivity contribution < 1.29 is 43.4 Å². The zero-order chi connectivity index (χ0) is 25.4. The number of rotatable bonds is 8. The van der Waals surface area contributed by atoms with Gasteiger partial charge in [-0.1, -0.05) is 20.8 Å². The van der Waals surface area contributed by atoms with Crippen LogP contribution in [0.4, 0.5) is 0 Å². The zero-order valence-electron chi connectivity index (χ0n) is 19.5. The number of hydrogen-bond acceptors (Lipinski definition) is 8. The van der Waals surface area contributed by atoms with Crippen LogP contribution in [-0.2, 0) is 18.7 Å². The molecular formula is C18H38N4O9P2. The van der Waals surface area contributed by atoms with Crippen molar-refractivity contribution in [2.45, 2.75) is 20.8 Å². The summed E-state index contributed by atoms with van der Waals surface area (Å²) in [5, 5.41) is 9.19. The normalized spacial score (nSPS) is 20.2. The van der Waals surface area contributed by atoms with Crippen molar-refractivity contribution in [1.29, 1.82) is 0 Å². The molecule has 0 atom stereocenters. The molecule has 1 aliphatic heterocycles. The first-order valence-electron chi connectivity index (χ1n) is 10.7. The molecular weight excluding hydrogens is 478 g/mol. The van der Waals surface area contributed by atoms with Gasteiger partial charge in [0.15, 0.2) is 5.78 Å². The number of hydrogen-bond donors (Lipinski definition) is 5. The van der Waals surface area contributed by atoms with E-state index in [1.165, 1.54) is 0 Å². The van der Waals surface area contributed by atoms with Crippen molar-refractivity contribution in [3.63, 3.8) is 0 Å². The lowest BCUT2D eigenvalue weighted by Gasteiger charge is -2.34. The van der Waals surface area contributed by atoms with Gasteiger partial charge < -0.3 is 24.7 Å². The van der Waals surface area contributed by atoms with E-state index in [2.05, 4.69) is 0 Å². The van der Waals surface area contributed by atoms with Gasteiger partial charge in [0.2, 0.25) is 0 Å². The molecule has 1 rings (SSSR count). The number of carbonyl (C=O) groups excluding carboxylic acids is 1. The van der Waals surface area contributed by atoms with E-state index in [0.29, 0.717) is 13.1 Å². The molecule has 0 unspecified atom stereocenters. The van der Waals surface area contributed by atoms with Gasteiger partial charge >= 0.3 is 21.2 Å². The number of carboxylic acid groups (broad SMARTS) is 1. The highest BCUT2D eigenvalue weighted by molar-refractivity contribution is 7.51. The number of carboxylic acids is 1. The second-order valence-electron chi connectivity index (χ2n) is 9.47. The molecule has 0 amide bonds. The van der Waals surface area contributed by atoms with Gasteiger partial charge in [0, 0.05) is 57.8 Å². The fourth-order valence-electron chi connectivity index (χ4n) is 3.33. The van der Waals surface area contributed by atoms with Gasteiger partial charge in [-0.25, -0.2) is 0 Å². The molecule has 0 aromatic carbocycles. The Bertz CT molecular complexity index is 710. The van der Waals surface area contributed by atoms with Gasteiger partial charge in [-0.2, -0.15) is 0 Å². The van der Waals surface area contributed by atoms with Gasteiger partial charge in [-0.3, -0.25) is 38.3 Å². The number of ketones is 1. The molecule has 0 aromatic rings. The van der Waals surface area contributed by atoms with E-state index in [0.717, 1.165) is 0 Å². The summed E-state index contributed by atoms with van der Waals surface area (Å²) in [6.07, 6.45) is -0.974. The topological polar surface area (TPSA) is 182 Å². The second-order valence-corrected chi connectivity index (χ2v) is 12.7. The highest BCUT2D eigenvalue weighted by Gasteiger charge is 2.27. The van der Waals surface area contributed by atoms with E-state index in [-0.39, 0.29) is 58.1 Å². The molecule has 33 heavy (non-hydrogen) atoms. The average Bonchev–Trinajstić information content (AvgIpc) is 2.60. The monoisotopic (exact) mass is 516 g/mol. The molecule has 1 aliphatic rings. The maximum atomic E-state index is 12.6. The highest BCUT2D eigenvalue weighted by Crippen LogP contribution is 2.35. The van der Waals surface area contributed by atoms with Crippen LogP contribution in [-0.4, -0.2) is 134 Å². The molecule has 5 N–H and O–H groups in total. The average molecular weight is 516 g/mol. The number of carbonyl (C=O) groups is 2. The first-order valence-corrected chi connectivity index (χ1v) is 14.3. The lowest BCUT2D eigenvalue weighted by Crippen LogP contribution is -2.48. The fraction of sp³-hybridized carbons (Fsp3) is 0.889. The zero-order valence-corrected chi connectivity index (χ0v) is 21.3. The smallest absolute Gasteiger partial charge is 0.339 e. The summed E-state index contributed by atoms with van der Waals surface area (Å²) in [7, 11) is -8.71. The van der Waals surface area contributed by atoms with E-state index >= 15 is 0 Å². The molecule has 0 aromatic heterocycles. The van der Waals surface area contributed by atoms with Gasteiger partial charge in [-0.05, 0) is 0 Å². The predicted molar refractivity (Wildman–Crippen MR) is 122 cm³/mol. The Hall–Kier alpha value is -0.720. The van der Waals surface area contributed by atoms with Gasteiger partial charge in [0.05, 0.1) is 13.1 Å². The number of Topliss-reactive ketones (excluding diaryl/α,β-unsaturated/α-hetero) is 1. The Balaban J connectivity index is 3.09. The van der Waals surface area contributed by atoms with Gasteiger partial charge in [0.25, 0.3) is 0 Å². The van der Waals surface area contributed by atoms with Gasteiger partial charge in [-0.15, -0.1) is 0 Å².